The maximum absolute atomic E-state index is 12.4. The largest absolute Gasteiger partial charge is 0.375 e. The van der Waals surface area contributed by atoms with Gasteiger partial charge < -0.3 is 14.5 Å². The van der Waals surface area contributed by atoms with Crippen LogP contribution in [0.2, 0.25) is 0 Å². The zero-order valence-electron chi connectivity index (χ0n) is 15.1. The van der Waals surface area contributed by atoms with Gasteiger partial charge in [-0.05, 0) is 20.8 Å². The molecule has 0 atom stereocenters. The number of anilines is 1. The van der Waals surface area contributed by atoms with E-state index in [2.05, 4.69) is 15.1 Å². The van der Waals surface area contributed by atoms with Crippen molar-refractivity contribution in [2.24, 2.45) is 0 Å². The van der Waals surface area contributed by atoms with Crippen LogP contribution < -0.4 is 10.5 Å². The third-order valence-corrected chi connectivity index (χ3v) is 4.26. The molecule has 0 aromatic carbocycles. The van der Waals surface area contributed by atoms with E-state index in [1.165, 1.54) is 7.11 Å². The molecule has 136 valence electrons. The van der Waals surface area contributed by atoms with Crippen molar-refractivity contribution >= 4 is 22.9 Å². The van der Waals surface area contributed by atoms with E-state index < -0.39 is 0 Å². The maximum atomic E-state index is 12.4. The Morgan fingerprint density at radius 3 is 2.56 bits per heavy atom. The van der Waals surface area contributed by atoms with Crippen molar-refractivity contribution in [3.05, 3.63) is 16.6 Å². The second kappa shape index (κ2) is 6.47. The average Bonchev–Trinajstić information content (AvgIpc) is 3.00. The molecule has 0 radical (unpaired) electrons. The van der Waals surface area contributed by atoms with Crippen LogP contribution in [0.3, 0.4) is 0 Å². The smallest absolute Gasteiger partial charge is 0.263 e. The lowest BCUT2D eigenvalue weighted by Crippen LogP contribution is -2.50. The van der Waals surface area contributed by atoms with E-state index in [0.29, 0.717) is 43.2 Å². The number of fused-ring (bicyclic) bond motifs is 1. The molecule has 3 heterocycles. The van der Waals surface area contributed by atoms with Crippen LogP contribution in [-0.2, 0) is 15.1 Å². The molecule has 0 aliphatic carbocycles. The zero-order chi connectivity index (χ0) is 18.2. The molecule has 9 nitrogen and oxygen atoms in total. The third kappa shape index (κ3) is 3.37. The highest BCUT2D eigenvalue weighted by molar-refractivity contribution is 5.78. The van der Waals surface area contributed by atoms with E-state index in [0.717, 1.165) is 0 Å². The van der Waals surface area contributed by atoms with Gasteiger partial charge in [-0.1, -0.05) is 0 Å². The number of rotatable bonds is 3. The summed E-state index contributed by atoms with van der Waals surface area (Å²) < 4.78 is 6.66. The van der Waals surface area contributed by atoms with Crippen LogP contribution in [0, 0.1) is 0 Å². The molecule has 1 N–H and O–H groups in total. The predicted molar refractivity (Wildman–Crippen MR) is 93.8 cm³/mol. The van der Waals surface area contributed by atoms with Crippen molar-refractivity contribution in [2.45, 2.75) is 26.3 Å². The molecular weight excluding hydrogens is 324 g/mol. The van der Waals surface area contributed by atoms with Gasteiger partial charge in [0, 0.05) is 33.3 Å². The fourth-order valence-electron chi connectivity index (χ4n) is 2.93. The SMILES string of the molecule is COCC(=O)N1CCN(c2nc3c(cnn3C(C)(C)C)c(=O)[nH]2)CC1. The standard InChI is InChI=1S/C16H24N6O3/c1-16(2,3)22-13-11(9-17-22)14(24)19-15(18-13)21-7-5-20(6-8-21)12(23)10-25-4/h9H,5-8,10H2,1-4H3,(H,18,19,24). The molecule has 1 aliphatic heterocycles. The van der Waals surface area contributed by atoms with E-state index in [9.17, 15) is 9.59 Å². The summed E-state index contributed by atoms with van der Waals surface area (Å²) >= 11 is 0. The number of ether oxygens (including phenoxy) is 1. The van der Waals surface area contributed by atoms with Crippen LogP contribution >= 0.6 is 0 Å². The number of H-pyrrole nitrogens is 1. The molecule has 0 unspecified atom stereocenters. The van der Waals surface area contributed by atoms with Gasteiger partial charge in [0.05, 0.1) is 11.7 Å². The van der Waals surface area contributed by atoms with Gasteiger partial charge in [0.2, 0.25) is 11.9 Å². The highest BCUT2D eigenvalue weighted by atomic mass is 16.5. The minimum absolute atomic E-state index is 0.0233. The first-order chi connectivity index (χ1) is 11.8. The number of amides is 1. The summed E-state index contributed by atoms with van der Waals surface area (Å²) in [6.07, 6.45) is 1.55. The molecule has 1 saturated heterocycles. The van der Waals surface area contributed by atoms with Crippen LogP contribution in [-0.4, -0.2) is 70.5 Å². The number of nitrogens with zero attached hydrogens (tertiary/aromatic N) is 5. The molecule has 1 fully saturated rings. The molecule has 0 spiro atoms. The number of carbonyl (C=O) groups excluding carboxylic acids is 1. The van der Waals surface area contributed by atoms with Crippen LogP contribution in [0.15, 0.2) is 11.0 Å². The van der Waals surface area contributed by atoms with Gasteiger partial charge in [-0.2, -0.15) is 10.1 Å². The molecule has 2 aromatic rings. The topological polar surface area (TPSA) is 96.3 Å². The number of nitrogens with one attached hydrogen (secondary N) is 1. The Morgan fingerprint density at radius 2 is 1.96 bits per heavy atom. The Kier molecular flexibility index (Phi) is 4.51. The Balaban J connectivity index is 1.85. The molecule has 25 heavy (non-hydrogen) atoms. The van der Waals surface area contributed by atoms with Crippen LogP contribution in [0.4, 0.5) is 5.95 Å². The number of aromatic amines is 1. The van der Waals surface area contributed by atoms with Crippen molar-refractivity contribution in [2.75, 3.05) is 44.8 Å². The summed E-state index contributed by atoms with van der Waals surface area (Å²) in [6, 6.07) is 0. The third-order valence-electron chi connectivity index (χ3n) is 4.26. The fourth-order valence-corrected chi connectivity index (χ4v) is 2.93. The summed E-state index contributed by atoms with van der Waals surface area (Å²) in [5, 5.41) is 4.80. The van der Waals surface area contributed by atoms with Gasteiger partial charge in [-0.25, -0.2) is 4.68 Å². The van der Waals surface area contributed by atoms with Crippen LogP contribution in [0.25, 0.3) is 11.0 Å². The van der Waals surface area contributed by atoms with Crippen LogP contribution in [0.5, 0.6) is 0 Å². The minimum Gasteiger partial charge on any atom is -0.375 e. The first-order valence-electron chi connectivity index (χ1n) is 8.31. The number of methoxy groups -OCH3 is 1. The highest BCUT2D eigenvalue weighted by Crippen LogP contribution is 2.20. The van der Waals surface area contributed by atoms with Crippen LogP contribution in [0.1, 0.15) is 20.8 Å². The molecule has 0 saturated carbocycles. The van der Waals surface area contributed by atoms with Crippen molar-refractivity contribution in [3.8, 4) is 0 Å². The number of piperazine rings is 1. The van der Waals surface area contributed by atoms with Crippen molar-refractivity contribution in [3.63, 3.8) is 0 Å². The number of hydrogen-bond donors (Lipinski definition) is 1. The van der Waals surface area contributed by atoms with Gasteiger partial charge in [0.1, 0.15) is 12.0 Å². The summed E-state index contributed by atoms with van der Waals surface area (Å²) in [7, 11) is 1.51. The summed E-state index contributed by atoms with van der Waals surface area (Å²) in [5.41, 5.74) is 0.1000. The quantitative estimate of drug-likeness (QED) is 0.849. The first kappa shape index (κ1) is 17.4. The second-order valence-corrected chi connectivity index (χ2v) is 7.15. The first-order valence-corrected chi connectivity index (χ1v) is 8.31. The summed E-state index contributed by atoms with van der Waals surface area (Å²) in [6.45, 7) is 8.49. The Hall–Kier alpha value is -2.42. The molecule has 2 aromatic heterocycles. The van der Waals surface area contributed by atoms with E-state index in [1.807, 2.05) is 25.7 Å². The average molecular weight is 348 g/mol. The lowest BCUT2D eigenvalue weighted by molar-refractivity contribution is -0.135. The molecule has 1 amide bonds. The fraction of sp³-hybridized carbons (Fsp3) is 0.625. The Labute approximate surface area is 145 Å². The van der Waals surface area contributed by atoms with Crippen molar-refractivity contribution in [1.82, 2.24) is 24.6 Å². The van der Waals surface area contributed by atoms with E-state index in [-0.39, 0.29) is 23.6 Å². The summed E-state index contributed by atoms with van der Waals surface area (Å²) in [5.74, 6) is 0.493. The summed E-state index contributed by atoms with van der Waals surface area (Å²) in [4.78, 5) is 35.5. The van der Waals surface area contributed by atoms with E-state index >= 15 is 0 Å². The van der Waals surface area contributed by atoms with Gasteiger partial charge >= 0.3 is 0 Å². The number of carbonyl (C=O) groups is 1. The highest BCUT2D eigenvalue weighted by Gasteiger charge is 2.24. The number of aromatic nitrogens is 4. The van der Waals surface area contributed by atoms with Crippen molar-refractivity contribution < 1.29 is 9.53 Å². The molecule has 1 aliphatic rings. The predicted octanol–water partition coefficient (Wildman–Crippen LogP) is 0.170. The zero-order valence-corrected chi connectivity index (χ0v) is 15.1. The van der Waals surface area contributed by atoms with E-state index in [4.69, 9.17) is 4.74 Å². The van der Waals surface area contributed by atoms with Gasteiger partial charge in [-0.3, -0.25) is 14.6 Å². The maximum Gasteiger partial charge on any atom is 0.263 e. The van der Waals surface area contributed by atoms with Gasteiger partial charge in [0.15, 0.2) is 5.65 Å². The molecule has 9 heteroatoms. The minimum atomic E-state index is -0.273. The van der Waals surface area contributed by atoms with Gasteiger partial charge in [0.25, 0.3) is 5.56 Å². The van der Waals surface area contributed by atoms with Crippen molar-refractivity contribution in [1.29, 1.82) is 0 Å². The lowest BCUT2D eigenvalue weighted by Gasteiger charge is -2.34. The van der Waals surface area contributed by atoms with E-state index in [1.54, 1.807) is 15.8 Å². The molecular formula is C16H24N6O3. The normalized spacial score (nSPS) is 15.8. The molecule has 0 bridgehead atoms. The lowest BCUT2D eigenvalue weighted by atomic mass is 10.1. The van der Waals surface area contributed by atoms with Gasteiger partial charge in [-0.15, -0.1) is 0 Å². The molecule has 3 rings (SSSR count). The number of hydrogen-bond acceptors (Lipinski definition) is 6. The Bertz CT molecular complexity index is 826. The second-order valence-electron chi connectivity index (χ2n) is 7.15. The monoisotopic (exact) mass is 348 g/mol. The Morgan fingerprint density at radius 1 is 1.28 bits per heavy atom.